The Balaban J connectivity index is 2.75. The molecule has 8 nitrogen and oxygen atoms in total. The minimum absolute atomic E-state index is 0.175. The zero-order valence-corrected chi connectivity index (χ0v) is 17.2. The average molecular weight is 398 g/mol. The Bertz CT molecular complexity index is 676. The number of methoxy groups -OCH3 is 6. The van der Waals surface area contributed by atoms with E-state index in [1.54, 1.807) is 26.4 Å². The molecule has 0 fully saturated rings. The van der Waals surface area contributed by atoms with Crippen LogP contribution in [0.3, 0.4) is 0 Å². The van der Waals surface area contributed by atoms with Crippen LogP contribution in [0.1, 0.15) is 0 Å². The first-order valence-electron chi connectivity index (χ1n) is 8.91. The Kier molecular flexibility index (Phi) is 7.94. The lowest BCUT2D eigenvalue weighted by Crippen LogP contribution is -2.39. The van der Waals surface area contributed by atoms with Crippen molar-refractivity contribution in [3.05, 3.63) is 46.3 Å². The highest BCUT2D eigenvalue weighted by Gasteiger charge is 2.43. The number of hydrogen-bond acceptors (Lipinski definition) is 8. The van der Waals surface area contributed by atoms with Gasteiger partial charge in [0.2, 0.25) is 0 Å². The SMILES string of the molecule is COC1=CC(CO)C(C2=C(OC)C(OC)C(OC)C=C2CO)C(OC)=C1OC. The second-order valence-electron chi connectivity index (χ2n) is 6.35. The van der Waals surface area contributed by atoms with Crippen LogP contribution in [-0.4, -0.2) is 78.3 Å². The zero-order valence-electron chi connectivity index (χ0n) is 17.2. The maximum Gasteiger partial charge on any atom is 0.199 e. The first kappa shape index (κ1) is 22.3. The Hall–Kier alpha value is -2.00. The van der Waals surface area contributed by atoms with Gasteiger partial charge in [-0.25, -0.2) is 0 Å². The smallest absolute Gasteiger partial charge is 0.199 e. The van der Waals surface area contributed by atoms with E-state index in [-0.39, 0.29) is 13.2 Å². The lowest BCUT2D eigenvalue weighted by Gasteiger charge is -2.38. The summed E-state index contributed by atoms with van der Waals surface area (Å²) in [6, 6.07) is 0. The van der Waals surface area contributed by atoms with E-state index >= 15 is 0 Å². The largest absolute Gasteiger partial charge is 0.498 e. The van der Waals surface area contributed by atoms with Gasteiger partial charge >= 0.3 is 0 Å². The van der Waals surface area contributed by atoms with Gasteiger partial charge in [-0.05, 0) is 17.7 Å². The van der Waals surface area contributed by atoms with E-state index in [4.69, 9.17) is 28.4 Å². The Labute approximate surface area is 165 Å². The summed E-state index contributed by atoms with van der Waals surface area (Å²) in [6.45, 7) is -0.417. The predicted octanol–water partition coefficient (Wildman–Crippen LogP) is 1.12. The minimum atomic E-state index is -0.517. The Morgan fingerprint density at radius 1 is 0.821 bits per heavy atom. The molecule has 2 aliphatic carbocycles. The Morgan fingerprint density at radius 3 is 1.93 bits per heavy atom. The van der Waals surface area contributed by atoms with Crippen LogP contribution in [0.4, 0.5) is 0 Å². The number of allylic oxidation sites excluding steroid dienone is 1. The molecule has 8 heteroatoms. The first-order chi connectivity index (χ1) is 13.6. The van der Waals surface area contributed by atoms with E-state index in [1.165, 1.54) is 28.4 Å². The van der Waals surface area contributed by atoms with Crippen LogP contribution in [0, 0.1) is 11.8 Å². The average Bonchev–Trinajstić information content (AvgIpc) is 2.75. The van der Waals surface area contributed by atoms with Crippen LogP contribution < -0.4 is 0 Å². The molecule has 4 unspecified atom stereocenters. The number of aliphatic hydroxyl groups is 2. The highest BCUT2D eigenvalue weighted by atomic mass is 16.6. The highest BCUT2D eigenvalue weighted by Crippen LogP contribution is 2.45. The molecule has 0 saturated heterocycles. The van der Waals surface area contributed by atoms with E-state index in [0.717, 1.165) is 0 Å². The molecule has 2 rings (SSSR count). The molecule has 28 heavy (non-hydrogen) atoms. The monoisotopic (exact) mass is 398 g/mol. The molecule has 2 N–H and O–H groups in total. The van der Waals surface area contributed by atoms with Gasteiger partial charge in [0.1, 0.15) is 23.7 Å². The van der Waals surface area contributed by atoms with Gasteiger partial charge in [0.15, 0.2) is 11.5 Å². The van der Waals surface area contributed by atoms with Crippen LogP contribution in [-0.2, 0) is 28.4 Å². The number of ether oxygens (including phenoxy) is 6. The normalized spacial score (nSPS) is 28.0. The quantitative estimate of drug-likeness (QED) is 0.597. The van der Waals surface area contributed by atoms with Crippen LogP contribution in [0.5, 0.6) is 0 Å². The first-order valence-corrected chi connectivity index (χ1v) is 8.91. The molecule has 0 aromatic heterocycles. The van der Waals surface area contributed by atoms with Gasteiger partial charge in [-0.2, -0.15) is 0 Å². The van der Waals surface area contributed by atoms with Crippen molar-refractivity contribution in [3.63, 3.8) is 0 Å². The molecule has 0 bridgehead atoms. The number of rotatable bonds is 9. The van der Waals surface area contributed by atoms with Gasteiger partial charge in [0.05, 0.1) is 47.6 Å². The summed E-state index contributed by atoms with van der Waals surface area (Å²) >= 11 is 0. The van der Waals surface area contributed by atoms with Crippen molar-refractivity contribution in [1.29, 1.82) is 0 Å². The fourth-order valence-corrected chi connectivity index (χ4v) is 3.89. The van der Waals surface area contributed by atoms with Crippen molar-refractivity contribution in [3.8, 4) is 0 Å². The predicted molar refractivity (Wildman–Crippen MR) is 101 cm³/mol. The molecule has 2 aliphatic rings. The summed E-state index contributed by atoms with van der Waals surface area (Å²) in [5, 5.41) is 20.2. The van der Waals surface area contributed by atoms with Gasteiger partial charge < -0.3 is 38.6 Å². The maximum atomic E-state index is 10.1. The highest BCUT2D eigenvalue weighted by molar-refractivity contribution is 5.49. The van der Waals surface area contributed by atoms with Crippen molar-refractivity contribution >= 4 is 0 Å². The molecular formula is C20H30O8. The topological polar surface area (TPSA) is 95.8 Å². The second kappa shape index (κ2) is 9.97. The summed E-state index contributed by atoms with van der Waals surface area (Å²) in [5.74, 6) is 0.989. The van der Waals surface area contributed by atoms with Crippen molar-refractivity contribution in [2.24, 2.45) is 11.8 Å². The van der Waals surface area contributed by atoms with Gasteiger partial charge in [-0.3, -0.25) is 0 Å². The third-order valence-corrected chi connectivity index (χ3v) is 5.14. The van der Waals surface area contributed by atoms with Crippen LogP contribution in [0.2, 0.25) is 0 Å². The molecular weight excluding hydrogens is 368 g/mol. The molecule has 158 valence electrons. The van der Waals surface area contributed by atoms with Crippen LogP contribution in [0.15, 0.2) is 46.3 Å². The summed E-state index contributed by atoms with van der Waals surface area (Å²) in [5.41, 5.74) is 1.28. The summed E-state index contributed by atoms with van der Waals surface area (Å²) in [7, 11) is 9.23. The molecule has 0 aliphatic heterocycles. The van der Waals surface area contributed by atoms with E-state index < -0.39 is 24.0 Å². The summed E-state index contributed by atoms with van der Waals surface area (Å²) in [6.07, 6.45) is 2.64. The van der Waals surface area contributed by atoms with E-state index in [2.05, 4.69) is 0 Å². The summed E-state index contributed by atoms with van der Waals surface area (Å²) in [4.78, 5) is 0. The third-order valence-electron chi connectivity index (χ3n) is 5.14. The van der Waals surface area contributed by atoms with Gasteiger partial charge in [-0.15, -0.1) is 0 Å². The molecule has 0 aromatic rings. The van der Waals surface area contributed by atoms with Gasteiger partial charge in [-0.1, -0.05) is 0 Å². The number of hydrogen-bond donors (Lipinski definition) is 2. The van der Waals surface area contributed by atoms with E-state index in [9.17, 15) is 10.2 Å². The molecule has 0 radical (unpaired) electrons. The van der Waals surface area contributed by atoms with E-state index in [0.29, 0.717) is 34.2 Å². The molecule has 0 aromatic carbocycles. The van der Waals surface area contributed by atoms with Gasteiger partial charge in [0.25, 0.3) is 0 Å². The fourth-order valence-electron chi connectivity index (χ4n) is 3.89. The van der Waals surface area contributed by atoms with Crippen molar-refractivity contribution < 1.29 is 38.6 Å². The standard InChI is InChI=1S/C20H30O8/c1-23-13-7-11(9-21)15(19(27-5)17(13)25-3)16-12(10-22)8-14(24-2)18(26-4)20(16)28-6/h7-8,11,14-15,18,21-22H,9-10H2,1-6H3. The molecule has 0 spiro atoms. The van der Waals surface area contributed by atoms with Crippen molar-refractivity contribution in [2.45, 2.75) is 12.2 Å². The lowest BCUT2D eigenvalue weighted by atomic mass is 9.74. The zero-order chi connectivity index (χ0) is 20.8. The molecule has 0 amide bonds. The van der Waals surface area contributed by atoms with Crippen LogP contribution >= 0.6 is 0 Å². The minimum Gasteiger partial charge on any atom is -0.498 e. The van der Waals surface area contributed by atoms with Crippen molar-refractivity contribution in [1.82, 2.24) is 0 Å². The van der Waals surface area contributed by atoms with E-state index in [1.807, 2.05) is 0 Å². The van der Waals surface area contributed by atoms with Crippen molar-refractivity contribution in [2.75, 3.05) is 55.9 Å². The second-order valence-corrected chi connectivity index (χ2v) is 6.35. The van der Waals surface area contributed by atoms with Gasteiger partial charge in [0, 0.05) is 25.7 Å². The Morgan fingerprint density at radius 2 is 1.50 bits per heavy atom. The molecule has 0 saturated carbocycles. The third kappa shape index (κ3) is 3.77. The number of aliphatic hydroxyl groups excluding tert-OH is 2. The molecule has 4 atom stereocenters. The maximum absolute atomic E-state index is 10.1. The molecule has 0 heterocycles. The summed E-state index contributed by atoms with van der Waals surface area (Å²) < 4.78 is 33.4. The fraction of sp³-hybridized carbons (Fsp3) is 0.600. The van der Waals surface area contributed by atoms with Crippen LogP contribution in [0.25, 0.3) is 0 Å². The lowest BCUT2D eigenvalue weighted by molar-refractivity contribution is -0.0223.